The van der Waals surface area contributed by atoms with E-state index in [1.807, 2.05) is 6.07 Å². The van der Waals surface area contributed by atoms with Crippen molar-refractivity contribution in [2.75, 3.05) is 7.11 Å². The van der Waals surface area contributed by atoms with E-state index in [9.17, 15) is 0 Å². The predicted octanol–water partition coefficient (Wildman–Crippen LogP) is 4.46. The summed E-state index contributed by atoms with van der Waals surface area (Å²) in [6.07, 6.45) is 10.6. The zero-order valence-corrected chi connectivity index (χ0v) is 15.4. The van der Waals surface area contributed by atoms with Crippen molar-refractivity contribution in [2.45, 2.75) is 19.4 Å². The number of aromatic nitrogens is 2. The Bertz CT molecular complexity index is 952. The van der Waals surface area contributed by atoms with Gasteiger partial charge in [-0.2, -0.15) is 5.10 Å². The molecule has 133 valence electrons. The number of nitrogens with zero attached hydrogens (tertiary/aromatic N) is 2. The number of hydrogen-bond acceptors (Lipinski definition) is 2. The van der Waals surface area contributed by atoms with E-state index in [2.05, 4.69) is 72.8 Å². The minimum absolute atomic E-state index is 0.771. The molecule has 0 N–H and O–H groups in total. The number of hydrogen-bond donors (Lipinski definition) is 0. The molecule has 2 aliphatic carbocycles. The van der Waals surface area contributed by atoms with Gasteiger partial charge in [-0.15, -0.1) is 0 Å². The van der Waals surface area contributed by atoms with Crippen LogP contribution < -0.4 is 4.74 Å². The van der Waals surface area contributed by atoms with Crippen LogP contribution in [0, 0.1) is 31.6 Å². The van der Waals surface area contributed by atoms with Gasteiger partial charge in [-0.1, -0.05) is 36.4 Å². The van der Waals surface area contributed by atoms with Gasteiger partial charge in [0.1, 0.15) is 5.75 Å². The van der Waals surface area contributed by atoms with Crippen LogP contribution in [-0.2, 0) is 19.4 Å². The first-order valence-corrected chi connectivity index (χ1v) is 9.36. The van der Waals surface area contributed by atoms with Crippen molar-refractivity contribution >= 4 is 0 Å². The molecule has 0 saturated heterocycles. The Morgan fingerprint density at radius 3 is 2.59 bits per heavy atom. The molecule has 3 heteroatoms. The molecule has 0 amide bonds. The van der Waals surface area contributed by atoms with Gasteiger partial charge in [-0.3, -0.25) is 4.68 Å². The summed E-state index contributed by atoms with van der Waals surface area (Å²) in [7, 11) is 1.72. The predicted molar refractivity (Wildman–Crippen MR) is 107 cm³/mol. The molecule has 5 radical (unpaired) electrons. The largest absolute Gasteiger partial charge is 0.497 e. The Hall–Kier alpha value is -2.55. The monoisotopic (exact) mass is 353 g/mol. The summed E-state index contributed by atoms with van der Waals surface area (Å²) < 4.78 is 7.64. The average Bonchev–Trinajstić information content (AvgIpc) is 3.35. The van der Waals surface area contributed by atoms with E-state index < -0.39 is 0 Å². The summed E-state index contributed by atoms with van der Waals surface area (Å²) in [5, 5.41) is 5.08. The maximum Gasteiger partial charge on any atom is 0.119 e. The Balaban J connectivity index is 1.64. The van der Waals surface area contributed by atoms with Gasteiger partial charge in [-0.25, -0.2) is 0 Å². The molecule has 1 heterocycles. The van der Waals surface area contributed by atoms with Crippen molar-refractivity contribution in [3.63, 3.8) is 0 Å². The van der Waals surface area contributed by atoms with E-state index in [1.54, 1.807) is 7.11 Å². The molecule has 1 saturated carbocycles. The Labute approximate surface area is 161 Å². The molecule has 0 atom stereocenters. The summed E-state index contributed by atoms with van der Waals surface area (Å²) >= 11 is 0. The van der Waals surface area contributed by atoms with Crippen molar-refractivity contribution < 1.29 is 4.74 Å². The van der Waals surface area contributed by atoms with Crippen molar-refractivity contribution in [3.8, 4) is 17.0 Å². The van der Waals surface area contributed by atoms with Crippen LogP contribution in [0.5, 0.6) is 5.75 Å². The summed E-state index contributed by atoms with van der Waals surface area (Å²) in [5.41, 5.74) is 7.50. The highest BCUT2D eigenvalue weighted by Crippen LogP contribution is 2.41. The van der Waals surface area contributed by atoms with E-state index in [0.717, 1.165) is 30.8 Å². The first-order valence-electron chi connectivity index (χ1n) is 9.36. The summed E-state index contributed by atoms with van der Waals surface area (Å²) in [6.45, 7) is 0.771. The number of ether oxygens (including phenoxy) is 1. The van der Waals surface area contributed by atoms with E-state index in [4.69, 9.17) is 9.84 Å². The fourth-order valence-electron chi connectivity index (χ4n) is 4.06. The number of benzene rings is 2. The Morgan fingerprint density at radius 2 is 1.81 bits per heavy atom. The van der Waals surface area contributed by atoms with Gasteiger partial charge in [0.15, 0.2) is 0 Å². The highest BCUT2D eigenvalue weighted by Gasteiger charge is 2.31. The Morgan fingerprint density at radius 1 is 1.00 bits per heavy atom. The van der Waals surface area contributed by atoms with Gasteiger partial charge >= 0.3 is 0 Å². The lowest BCUT2D eigenvalue weighted by Gasteiger charge is -2.19. The summed E-state index contributed by atoms with van der Waals surface area (Å²) in [4.78, 5) is 0. The summed E-state index contributed by atoms with van der Waals surface area (Å²) in [5.74, 6) is 2.13. The van der Waals surface area contributed by atoms with Crippen LogP contribution in [0.3, 0.4) is 0 Å². The van der Waals surface area contributed by atoms with Crippen molar-refractivity contribution in [3.05, 3.63) is 103 Å². The zero-order chi connectivity index (χ0) is 18.2. The summed E-state index contributed by atoms with van der Waals surface area (Å²) in [6, 6.07) is 16.9. The van der Waals surface area contributed by atoms with Crippen molar-refractivity contribution in [1.82, 2.24) is 9.78 Å². The zero-order valence-electron chi connectivity index (χ0n) is 15.4. The highest BCUT2D eigenvalue weighted by molar-refractivity contribution is 5.74. The van der Waals surface area contributed by atoms with Gasteiger partial charge in [0.05, 0.1) is 25.0 Å². The lowest BCUT2D eigenvalue weighted by molar-refractivity contribution is 0.415. The third-order valence-electron chi connectivity index (χ3n) is 5.38. The second kappa shape index (κ2) is 6.88. The Kier molecular flexibility index (Phi) is 4.23. The third-order valence-corrected chi connectivity index (χ3v) is 5.38. The van der Waals surface area contributed by atoms with Gasteiger partial charge in [0.25, 0.3) is 0 Å². The van der Waals surface area contributed by atoms with E-state index in [-0.39, 0.29) is 0 Å². The lowest BCUT2D eigenvalue weighted by atomic mass is 9.86. The van der Waals surface area contributed by atoms with Gasteiger partial charge in [0.2, 0.25) is 0 Å². The minimum atomic E-state index is 0.771. The quantitative estimate of drug-likeness (QED) is 0.692. The van der Waals surface area contributed by atoms with Gasteiger partial charge < -0.3 is 4.74 Å². The smallest absolute Gasteiger partial charge is 0.119 e. The number of aryl methyl sites for hydroxylation is 1. The molecule has 2 aliphatic rings. The van der Waals surface area contributed by atoms with E-state index in [1.165, 1.54) is 33.9 Å². The highest BCUT2D eigenvalue weighted by atomic mass is 16.5. The fraction of sp³-hybridized carbons (Fsp3) is 0.167. The number of fused-ring (bicyclic) bond motifs is 3. The van der Waals surface area contributed by atoms with Gasteiger partial charge in [0, 0.05) is 17.0 Å². The normalized spacial score (nSPS) is 16.2. The van der Waals surface area contributed by atoms with Crippen LogP contribution in [0.2, 0.25) is 0 Å². The molecule has 5 rings (SSSR count). The van der Waals surface area contributed by atoms with Crippen LogP contribution in [-0.4, -0.2) is 16.9 Å². The van der Waals surface area contributed by atoms with Crippen LogP contribution in [0.4, 0.5) is 0 Å². The first kappa shape index (κ1) is 16.6. The van der Waals surface area contributed by atoms with Crippen LogP contribution in [0.1, 0.15) is 22.4 Å². The topological polar surface area (TPSA) is 27.1 Å². The minimum Gasteiger partial charge on any atom is -0.497 e. The van der Waals surface area contributed by atoms with Gasteiger partial charge in [-0.05, 0) is 61.8 Å². The van der Waals surface area contributed by atoms with Crippen LogP contribution in [0.15, 0.2) is 48.5 Å². The van der Waals surface area contributed by atoms with Crippen LogP contribution >= 0.6 is 0 Å². The molecule has 1 aromatic heterocycles. The molecule has 3 nitrogen and oxygen atoms in total. The van der Waals surface area contributed by atoms with Crippen LogP contribution in [0.25, 0.3) is 11.3 Å². The maximum atomic E-state index is 5.47. The molecule has 0 unspecified atom stereocenters. The second-order valence-corrected chi connectivity index (χ2v) is 7.02. The first-order chi connectivity index (χ1) is 13.3. The lowest BCUT2D eigenvalue weighted by Crippen LogP contribution is -2.12. The molecule has 1 fully saturated rings. The molecular formula is C24H21N2O. The molecule has 0 spiro atoms. The number of methoxy groups -OCH3 is 1. The molecule has 3 aromatic rings. The standard InChI is InChI=1S/C24H21N2O/c1-27-20-13-11-18-12-14-21-23(22(18)15-20)25-26(16-17-7-3-2-4-8-17)24(21)19-9-5-6-10-19/h2-11,13,15H,12,14,16H2,1H3. The number of rotatable bonds is 4. The fourth-order valence-corrected chi connectivity index (χ4v) is 4.06. The van der Waals surface area contributed by atoms with E-state index in [0.29, 0.717) is 0 Å². The maximum absolute atomic E-state index is 5.47. The SMILES string of the molecule is COc1ccc2c(c1)-c1nn(Cc3ccccc3)c([C]3[CH][CH][CH][CH]3)c1CC2. The van der Waals surface area contributed by atoms with Crippen molar-refractivity contribution in [1.29, 1.82) is 0 Å². The molecule has 27 heavy (non-hydrogen) atoms. The van der Waals surface area contributed by atoms with Crippen molar-refractivity contribution in [2.24, 2.45) is 0 Å². The molecule has 0 bridgehead atoms. The van der Waals surface area contributed by atoms with E-state index >= 15 is 0 Å². The average molecular weight is 353 g/mol. The molecule has 0 aliphatic heterocycles. The third kappa shape index (κ3) is 2.95. The second-order valence-electron chi connectivity index (χ2n) is 7.02. The molecular weight excluding hydrogens is 332 g/mol. The molecule has 2 aromatic carbocycles.